The lowest BCUT2D eigenvalue weighted by Crippen LogP contribution is -2.40. The molecule has 0 N–H and O–H groups in total. The minimum absolute atomic E-state index is 0.0570. The Labute approximate surface area is 159 Å². The number of imidazole rings is 1. The first-order chi connectivity index (χ1) is 13.0. The number of anilines is 1. The minimum Gasteiger partial charge on any atom is -0.481 e. The molecule has 0 fully saturated rings. The summed E-state index contributed by atoms with van der Waals surface area (Å²) >= 11 is 0. The molecule has 5 nitrogen and oxygen atoms in total. The van der Waals surface area contributed by atoms with Crippen LogP contribution in [0.5, 0.6) is 5.75 Å². The number of aromatic nitrogens is 2. The van der Waals surface area contributed by atoms with Crippen molar-refractivity contribution in [2.45, 2.75) is 46.3 Å². The summed E-state index contributed by atoms with van der Waals surface area (Å²) in [5, 5.41) is 0. The van der Waals surface area contributed by atoms with Crippen molar-refractivity contribution in [1.82, 2.24) is 9.55 Å². The van der Waals surface area contributed by atoms with Gasteiger partial charge in [-0.05, 0) is 49.1 Å². The van der Waals surface area contributed by atoms with Gasteiger partial charge in [-0.1, -0.05) is 38.1 Å². The average molecular weight is 363 g/mol. The SMILES string of the molecule is Cc1ccc(C(C)C)cc1OC(C)C(=O)N1CCn2c1nc1ccccc12. The summed E-state index contributed by atoms with van der Waals surface area (Å²) < 4.78 is 8.17. The van der Waals surface area contributed by atoms with Gasteiger partial charge in [0.15, 0.2) is 6.10 Å². The zero-order chi connectivity index (χ0) is 19.1. The number of para-hydroxylation sites is 2. The molecule has 2 heterocycles. The molecule has 0 saturated carbocycles. The van der Waals surface area contributed by atoms with Gasteiger partial charge in [-0.15, -0.1) is 0 Å². The predicted octanol–water partition coefficient (Wildman–Crippen LogP) is 4.28. The molecule has 0 aliphatic carbocycles. The van der Waals surface area contributed by atoms with Gasteiger partial charge in [0, 0.05) is 13.1 Å². The third-order valence-electron chi connectivity index (χ3n) is 5.22. The highest BCUT2D eigenvalue weighted by molar-refractivity contribution is 5.97. The molecule has 1 unspecified atom stereocenters. The van der Waals surface area contributed by atoms with E-state index in [9.17, 15) is 4.79 Å². The largest absolute Gasteiger partial charge is 0.481 e. The number of carbonyl (C=O) groups excluding carboxylic acids is 1. The molecule has 1 aromatic heterocycles. The number of benzene rings is 2. The number of hydrogen-bond donors (Lipinski definition) is 0. The van der Waals surface area contributed by atoms with Crippen LogP contribution in [-0.2, 0) is 11.3 Å². The first-order valence-corrected chi connectivity index (χ1v) is 9.49. The fraction of sp³-hybridized carbons (Fsp3) is 0.364. The Kier molecular flexibility index (Phi) is 4.38. The first kappa shape index (κ1) is 17.6. The molecule has 27 heavy (non-hydrogen) atoms. The van der Waals surface area contributed by atoms with Gasteiger partial charge in [0.25, 0.3) is 5.91 Å². The fourth-order valence-electron chi connectivity index (χ4n) is 3.56. The van der Waals surface area contributed by atoms with Crippen LogP contribution in [0.1, 0.15) is 37.8 Å². The number of rotatable bonds is 4. The molecule has 0 saturated heterocycles. The zero-order valence-electron chi connectivity index (χ0n) is 16.3. The number of fused-ring (bicyclic) bond motifs is 3. The molecular weight excluding hydrogens is 338 g/mol. The summed E-state index contributed by atoms with van der Waals surface area (Å²) in [7, 11) is 0. The monoisotopic (exact) mass is 363 g/mol. The topological polar surface area (TPSA) is 47.4 Å². The maximum Gasteiger partial charge on any atom is 0.270 e. The van der Waals surface area contributed by atoms with Crippen LogP contribution in [-0.4, -0.2) is 28.1 Å². The van der Waals surface area contributed by atoms with Crippen LogP contribution >= 0.6 is 0 Å². The normalized spacial score (nSPS) is 14.6. The summed E-state index contributed by atoms with van der Waals surface area (Å²) in [6.45, 7) is 9.51. The Morgan fingerprint density at radius 1 is 1.11 bits per heavy atom. The van der Waals surface area contributed by atoms with E-state index in [4.69, 9.17) is 4.74 Å². The number of amides is 1. The van der Waals surface area contributed by atoms with Gasteiger partial charge in [0.05, 0.1) is 11.0 Å². The van der Waals surface area contributed by atoms with Gasteiger partial charge in [0.2, 0.25) is 5.95 Å². The molecule has 0 spiro atoms. The number of nitrogens with zero attached hydrogens (tertiary/aromatic N) is 3. The first-order valence-electron chi connectivity index (χ1n) is 9.49. The van der Waals surface area contributed by atoms with Crippen molar-refractivity contribution in [3.05, 3.63) is 53.6 Å². The van der Waals surface area contributed by atoms with Crippen LogP contribution in [0.15, 0.2) is 42.5 Å². The van der Waals surface area contributed by atoms with Gasteiger partial charge >= 0.3 is 0 Å². The second kappa shape index (κ2) is 6.72. The van der Waals surface area contributed by atoms with E-state index < -0.39 is 6.10 Å². The van der Waals surface area contributed by atoms with Crippen LogP contribution in [0.3, 0.4) is 0 Å². The van der Waals surface area contributed by atoms with Crippen LogP contribution in [0, 0.1) is 6.92 Å². The molecule has 3 aromatic rings. The van der Waals surface area contributed by atoms with E-state index in [1.807, 2.05) is 44.2 Å². The molecule has 1 amide bonds. The Hall–Kier alpha value is -2.82. The standard InChI is InChI=1S/C22H25N3O2/c1-14(2)17-10-9-15(3)20(13-17)27-16(4)21(26)25-12-11-24-19-8-6-5-7-18(19)23-22(24)25/h5-10,13-14,16H,11-12H2,1-4H3. The molecule has 0 radical (unpaired) electrons. The van der Waals surface area contributed by atoms with Gasteiger partial charge in [-0.2, -0.15) is 0 Å². The van der Waals surface area contributed by atoms with E-state index in [-0.39, 0.29) is 5.91 Å². The van der Waals surface area contributed by atoms with Gasteiger partial charge in [-0.25, -0.2) is 4.98 Å². The lowest BCUT2D eigenvalue weighted by Gasteiger charge is -2.21. The summed E-state index contributed by atoms with van der Waals surface area (Å²) in [5.74, 6) is 1.84. The van der Waals surface area contributed by atoms with Crippen molar-refractivity contribution in [3.8, 4) is 5.75 Å². The fourth-order valence-corrected chi connectivity index (χ4v) is 3.56. The second-order valence-corrected chi connectivity index (χ2v) is 7.48. The Morgan fingerprint density at radius 3 is 2.67 bits per heavy atom. The third-order valence-corrected chi connectivity index (χ3v) is 5.22. The van der Waals surface area contributed by atoms with E-state index in [0.29, 0.717) is 18.4 Å². The highest BCUT2D eigenvalue weighted by Gasteiger charge is 2.32. The van der Waals surface area contributed by atoms with E-state index in [1.54, 1.807) is 4.90 Å². The van der Waals surface area contributed by atoms with E-state index in [0.717, 1.165) is 28.9 Å². The number of aryl methyl sites for hydroxylation is 1. The lowest BCUT2D eigenvalue weighted by atomic mass is 10.0. The predicted molar refractivity (Wildman–Crippen MR) is 107 cm³/mol. The summed E-state index contributed by atoms with van der Waals surface area (Å²) in [4.78, 5) is 19.5. The lowest BCUT2D eigenvalue weighted by molar-refractivity contribution is -0.124. The van der Waals surface area contributed by atoms with Crippen LogP contribution in [0.25, 0.3) is 11.0 Å². The minimum atomic E-state index is -0.572. The Bertz CT molecular complexity index is 1010. The Morgan fingerprint density at radius 2 is 1.89 bits per heavy atom. The molecule has 1 aliphatic rings. The highest BCUT2D eigenvalue weighted by atomic mass is 16.5. The summed E-state index contributed by atoms with van der Waals surface area (Å²) in [6, 6.07) is 14.2. The highest BCUT2D eigenvalue weighted by Crippen LogP contribution is 2.29. The molecule has 1 atom stereocenters. The molecule has 0 bridgehead atoms. The molecule has 2 aromatic carbocycles. The van der Waals surface area contributed by atoms with Crippen molar-refractivity contribution in [1.29, 1.82) is 0 Å². The molecule has 5 heteroatoms. The summed E-state index contributed by atoms with van der Waals surface area (Å²) in [5.41, 5.74) is 4.22. The second-order valence-electron chi connectivity index (χ2n) is 7.48. The number of ether oxygens (including phenoxy) is 1. The van der Waals surface area contributed by atoms with Crippen LogP contribution < -0.4 is 9.64 Å². The van der Waals surface area contributed by atoms with Gasteiger partial charge in [0.1, 0.15) is 5.75 Å². The van der Waals surface area contributed by atoms with Crippen molar-refractivity contribution in [2.24, 2.45) is 0 Å². The molecule has 4 rings (SSSR count). The van der Waals surface area contributed by atoms with E-state index in [2.05, 4.69) is 35.5 Å². The molecule has 140 valence electrons. The average Bonchev–Trinajstić information content (AvgIpc) is 3.21. The van der Waals surface area contributed by atoms with Crippen LogP contribution in [0.2, 0.25) is 0 Å². The Balaban J connectivity index is 1.57. The van der Waals surface area contributed by atoms with Gasteiger partial charge < -0.3 is 9.30 Å². The van der Waals surface area contributed by atoms with Crippen molar-refractivity contribution >= 4 is 22.9 Å². The van der Waals surface area contributed by atoms with E-state index >= 15 is 0 Å². The van der Waals surface area contributed by atoms with Gasteiger partial charge in [-0.3, -0.25) is 9.69 Å². The third kappa shape index (κ3) is 3.07. The van der Waals surface area contributed by atoms with Crippen molar-refractivity contribution < 1.29 is 9.53 Å². The zero-order valence-corrected chi connectivity index (χ0v) is 16.3. The molecule has 1 aliphatic heterocycles. The smallest absolute Gasteiger partial charge is 0.270 e. The van der Waals surface area contributed by atoms with Crippen LogP contribution in [0.4, 0.5) is 5.95 Å². The maximum absolute atomic E-state index is 13.1. The quantitative estimate of drug-likeness (QED) is 0.695. The van der Waals surface area contributed by atoms with E-state index in [1.165, 1.54) is 5.56 Å². The number of hydrogen-bond acceptors (Lipinski definition) is 3. The molecular formula is C22H25N3O2. The van der Waals surface area contributed by atoms with Crippen molar-refractivity contribution in [3.63, 3.8) is 0 Å². The number of carbonyl (C=O) groups is 1. The maximum atomic E-state index is 13.1. The summed E-state index contributed by atoms with van der Waals surface area (Å²) in [6.07, 6.45) is -0.572. The van der Waals surface area contributed by atoms with Crippen molar-refractivity contribution in [2.75, 3.05) is 11.4 Å².